The molecule has 0 radical (unpaired) electrons. The molecule has 150 valence electrons. The van der Waals surface area contributed by atoms with E-state index in [0.717, 1.165) is 35.4 Å². The number of nitrogens with zero attached hydrogens (tertiary/aromatic N) is 5. The topological polar surface area (TPSA) is 80.0 Å². The van der Waals surface area contributed by atoms with Gasteiger partial charge >= 0.3 is 6.18 Å². The molecule has 2 N–H and O–H groups in total. The summed E-state index contributed by atoms with van der Waals surface area (Å²) in [6.45, 7) is 3.73. The van der Waals surface area contributed by atoms with Crippen LogP contribution in [0.3, 0.4) is 0 Å². The van der Waals surface area contributed by atoms with Crippen LogP contribution in [0.2, 0.25) is 0 Å². The number of aromatic nitrogens is 4. The zero-order chi connectivity index (χ0) is 18.6. The number of alkyl halides is 3. The molecule has 1 aliphatic rings. The lowest BCUT2D eigenvalue weighted by atomic mass is 10.1. The number of aliphatic imine (C=N–C) groups is 1. The third-order valence-electron chi connectivity index (χ3n) is 3.93. The van der Waals surface area contributed by atoms with Crippen LogP contribution < -0.4 is 10.6 Å². The van der Waals surface area contributed by atoms with Crippen molar-refractivity contribution in [1.29, 1.82) is 0 Å². The molecule has 0 bridgehead atoms. The average Bonchev–Trinajstić information content (AvgIpc) is 3.23. The highest BCUT2D eigenvalue weighted by Gasteiger charge is 2.33. The van der Waals surface area contributed by atoms with Crippen LogP contribution in [0.4, 0.5) is 13.2 Å². The lowest BCUT2D eigenvalue weighted by Gasteiger charge is -2.25. The van der Waals surface area contributed by atoms with Gasteiger partial charge in [0.05, 0.1) is 11.6 Å². The van der Waals surface area contributed by atoms with Crippen molar-refractivity contribution < 1.29 is 13.2 Å². The first-order valence-corrected chi connectivity index (χ1v) is 9.26. The van der Waals surface area contributed by atoms with Crippen molar-refractivity contribution >= 4 is 41.3 Å². The fourth-order valence-corrected chi connectivity index (χ4v) is 3.48. The van der Waals surface area contributed by atoms with E-state index in [1.54, 1.807) is 6.33 Å². The van der Waals surface area contributed by atoms with Gasteiger partial charge in [-0.05, 0) is 13.3 Å². The number of guanidine groups is 1. The Morgan fingerprint density at radius 2 is 2.26 bits per heavy atom. The highest BCUT2D eigenvalue weighted by molar-refractivity contribution is 14.0. The first-order chi connectivity index (χ1) is 12.5. The molecular weight excluding hydrogens is 494 g/mol. The van der Waals surface area contributed by atoms with Gasteiger partial charge in [0, 0.05) is 37.4 Å². The Morgan fingerprint density at radius 1 is 1.44 bits per heavy atom. The van der Waals surface area contributed by atoms with Crippen molar-refractivity contribution in [3.05, 3.63) is 28.2 Å². The second-order valence-electron chi connectivity index (χ2n) is 5.87. The smallest absolute Gasteiger partial charge is 0.357 e. The SMILES string of the molecule is CCNC(=NCCc1nc(C(F)(F)F)cs1)NC1CCc2ncnn2C1.I. The Balaban J connectivity index is 0.00000261. The molecule has 7 nitrogen and oxygen atoms in total. The summed E-state index contributed by atoms with van der Waals surface area (Å²) in [5.41, 5.74) is -0.836. The van der Waals surface area contributed by atoms with Gasteiger partial charge in [-0.2, -0.15) is 18.3 Å². The summed E-state index contributed by atoms with van der Waals surface area (Å²) in [5.74, 6) is 1.63. The summed E-state index contributed by atoms with van der Waals surface area (Å²) in [7, 11) is 0. The third-order valence-corrected chi connectivity index (χ3v) is 4.84. The van der Waals surface area contributed by atoms with Gasteiger partial charge in [-0.15, -0.1) is 35.3 Å². The number of rotatable bonds is 5. The van der Waals surface area contributed by atoms with Crippen molar-refractivity contribution in [2.45, 2.75) is 44.9 Å². The molecule has 2 aromatic heterocycles. The van der Waals surface area contributed by atoms with E-state index in [4.69, 9.17) is 0 Å². The summed E-state index contributed by atoms with van der Waals surface area (Å²) in [6.07, 6.45) is -0.702. The Morgan fingerprint density at radius 3 is 2.96 bits per heavy atom. The fourth-order valence-electron chi connectivity index (χ4n) is 2.69. The summed E-state index contributed by atoms with van der Waals surface area (Å²) < 4.78 is 39.6. The molecule has 0 amide bonds. The Bertz CT molecular complexity index is 759. The van der Waals surface area contributed by atoms with Gasteiger partial charge in [-0.1, -0.05) is 0 Å². The summed E-state index contributed by atoms with van der Waals surface area (Å²) in [4.78, 5) is 12.3. The van der Waals surface area contributed by atoms with Crippen molar-refractivity contribution in [3.63, 3.8) is 0 Å². The molecule has 0 aliphatic carbocycles. The number of fused-ring (bicyclic) bond motifs is 1. The van der Waals surface area contributed by atoms with Gasteiger partial charge in [-0.3, -0.25) is 4.99 Å². The highest BCUT2D eigenvalue weighted by Crippen LogP contribution is 2.30. The van der Waals surface area contributed by atoms with Crippen LogP contribution in [0.5, 0.6) is 0 Å². The number of halogens is 4. The second kappa shape index (κ2) is 9.66. The molecule has 0 saturated heterocycles. The van der Waals surface area contributed by atoms with E-state index in [1.807, 2.05) is 11.6 Å². The minimum Gasteiger partial charge on any atom is -0.357 e. The largest absolute Gasteiger partial charge is 0.434 e. The monoisotopic (exact) mass is 515 g/mol. The molecular formula is C15H21F3IN7S. The Hall–Kier alpha value is -1.44. The maximum atomic E-state index is 12.6. The van der Waals surface area contributed by atoms with E-state index < -0.39 is 11.9 Å². The number of thiazole rings is 1. The van der Waals surface area contributed by atoms with Crippen LogP contribution >= 0.6 is 35.3 Å². The van der Waals surface area contributed by atoms with Crippen LogP contribution in [0.25, 0.3) is 0 Å². The molecule has 1 atom stereocenters. The van der Waals surface area contributed by atoms with Crippen LogP contribution in [0.15, 0.2) is 16.7 Å². The summed E-state index contributed by atoms with van der Waals surface area (Å²) >= 11 is 1.01. The van der Waals surface area contributed by atoms with E-state index >= 15 is 0 Å². The predicted octanol–water partition coefficient (Wildman–Crippen LogP) is 2.48. The zero-order valence-corrected chi connectivity index (χ0v) is 17.8. The summed E-state index contributed by atoms with van der Waals surface area (Å²) in [6, 6.07) is 0.179. The molecule has 12 heteroatoms. The van der Waals surface area contributed by atoms with Gasteiger partial charge in [0.2, 0.25) is 0 Å². The highest BCUT2D eigenvalue weighted by atomic mass is 127. The predicted molar refractivity (Wildman–Crippen MR) is 107 cm³/mol. The standard InChI is InChI=1S/C15H20F3N7S.HI/c1-2-19-14(23-10-3-4-12-21-9-22-25(12)7-10)20-6-5-13-24-11(8-26-13)15(16,17)18;/h8-10H,2-7H2,1H3,(H2,19,20,23);1H. The Kier molecular flexibility index (Phi) is 7.82. The third kappa shape index (κ3) is 6.02. The molecule has 0 saturated carbocycles. The maximum Gasteiger partial charge on any atom is 0.434 e. The first kappa shape index (κ1) is 21.9. The molecule has 27 heavy (non-hydrogen) atoms. The van der Waals surface area contributed by atoms with E-state index in [1.165, 1.54) is 0 Å². The van der Waals surface area contributed by atoms with Gasteiger partial charge in [0.1, 0.15) is 12.2 Å². The van der Waals surface area contributed by atoms with Gasteiger partial charge < -0.3 is 10.6 Å². The van der Waals surface area contributed by atoms with E-state index in [0.29, 0.717) is 37.0 Å². The quantitative estimate of drug-likeness (QED) is 0.364. The molecule has 0 aromatic carbocycles. The molecule has 1 unspecified atom stereocenters. The van der Waals surface area contributed by atoms with Crippen molar-refractivity contribution in [2.75, 3.05) is 13.1 Å². The molecule has 3 heterocycles. The van der Waals surface area contributed by atoms with E-state index in [2.05, 4.69) is 30.7 Å². The molecule has 1 aliphatic heterocycles. The van der Waals surface area contributed by atoms with Crippen LogP contribution in [-0.4, -0.2) is 44.8 Å². The van der Waals surface area contributed by atoms with Crippen molar-refractivity contribution in [1.82, 2.24) is 30.4 Å². The van der Waals surface area contributed by atoms with E-state index in [9.17, 15) is 13.2 Å². The minimum absolute atomic E-state index is 0. The maximum absolute atomic E-state index is 12.6. The van der Waals surface area contributed by atoms with Gasteiger partial charge in [0.15, 0.2) is 11.7 Å². The molecule has 0 fully saturated rings. The fraction of sp³-hybridized carbons (Fsp3) is 0.600. The molecule has 2 aromatic rings. The molecule has 0 spiro atoms. The van der Waals surface area contributed by atoms with Crippen LogP contribution in [-0.2, 0) is 25.6 Å². The zero-order valence-electron chi connectivity index (χ0n) is 14.7. The number of nitrogens with one attached hydrogen (secondary N) is 2. The van der Waals surface area contributed by atoms with E-state index in [-0.39, 0.29) is 30.0 Å². The average molecular weight is 515 g/mol. The number of hydrogen-bond acceptors (Lipinski definition) is 5. The lowest BCUT2D eigenvalue weighted by molar-refractivity contribution is -0.140. The lowest BCUT2D eigenvalue weighted by Crippen LogP contribution is -2.47. The van der Waals surface area contributed by atoms with Gasteiger partial charge in [0.25, 0.3) is 0 Å². The van der Waals surface area contributed by atoms with Crippen molar-refractivity contribution in [3.8, 4) is 0 Å². The van der Waals surface area contributed by atoms with Gasteiger partial charge in [-0.25, -0.2) is 14.6 Å². The summed E-state index contributed by atoms with van der Waals surface area (Å²) in [5, 5.41) is 12.2. The molecule has 3 rings (SSSR count). The van der Waals surface area contributed by atoms with Crippen molar-refractivity contribution in [2.24, 2.45) is 4.99 Å². The minimum atomic E-state index is -4.39. The number of hydrogen-bond donors (Lipinski definition) is 2. The van der Waals surface area contributed by atoms with Crippen LogP contribution in [0.1, 0.15) is 29.9 Å². The normalized spacial score (nSPS) is 17.2. The second-order valence-corrected chi connectivity index (χ2v) is 6.82. The first-order valence-electron chi connectivity index (χ1n) is 8.39. The number of aryl methyl sites for hydroxylation is 1. The Labute approximate surface area is 175 Å². The van der Waals surface area contributed by atoms with Crippen LogP contribution in [0, 0.1) is 0 Å².